The first-order chi connectivity index (χ1) is 15.4. The van der Waals surface area contributed by atoms with Gasteiger partial charge in [-0.15, -0.1) is 0 Å². The van der Waals surface area contributed by atoms with Crippen molar-refractivity contribution in [3.63, 3.8) is 0 Å². The van der Waals surface area contributed by atoms with Gasteiger partial charge in [0.05, 0.1) is 22.0 Å². The Labute approximate surface area is 191 Å². The molecule has 0 aliphatic heterocycles. The van der Waals surface area contributed by atoms with Crippen molar-refractivity contribution >= 4 is 33.5 Å². The van der Waals surface area contributed by atoms with Crippen LogP contribution in [0.4, 0.5) is 5.95 Å². The van der Waals surface area contributed by atoms with Crippen LogP contribution in [0.5, 0.6) is 0 Å². The van der Waals surface area contributed by atoms with Gasteiger partial charge in [-0.2, -0.15) is 0 Å². The van der Waals surface area contributed by atoms with Gasteiger partial charge in [-0.1, -0.05) is 30.7 Å². The molecule has 166 valence electrons. The van der Waals surface area contributed by atoms with E-state index in [-0.39, 0.29) is 17.1 Å². The largest absolute Gasteiger partial charge is 0.344 e. The fourth-order valence-corrected chi connectivity index (χ4v) is 4.67. The van der Waals surface area contributed by atoms with Gasteiger partial charge in [0.1, 0.15) is 0 Å². The summed E-state index contributed by atoms with van der Waals surface area (Å²) in [5.41, 5.74) is 2.78. The lowest BCUT2D eigenvalue weighted by molar-refractivity contribution is 0.0934. The van der Waals surface area contributed by atoms with Crippen LogP contribution < -0.4 is 10.0 Å². The second-order valence-corrected chi connectivity index (χ2v) is 9.95. The quantitative estimate of drug-likeness (QED) is 0.513. The van der Waals surface area contributed by atoms with Gasteiger partial charge in [-0.05, 0) is 49.1 Å². The Kier molecular flexibility index (Phi) is 6.38. The van der Waals surface area contributed by atoms with Gasteiger partial charge in [0.2, 0.25) is 16.0 Å². The van der Waals surface area contributed by atoms with Crippen molar-refractivity contribution in [2.24, 2.45) is 0 Å². The minimum atomic E-state index is -3.46. The molecular formula is C22H22ClN5O3S. The zero-order chi connectivity index (χ0) is 22.7. The lowest BCUT2D eigenvalue weighted by Gasteiger charge is -2.17. The van der Waals surface area contributed by atoms with Crippen LogP contribution in [0.1, 0.15) is 48.3 Å². The maximum atomic E-state index is 12.8. The highest BCUT2D eigenvalue weighted by Crippen LogP contribution is 2.29. The average molecular weight is 472 g/mol. The molecule has 8 nitrogen and oxygen atoms in total. The lowest BCUT2D eigenvalue weighted by Crippen LogP contribution is -2.29. The Morgan fingerprint density at radius 3 is 2.56 bits per heavy atom. The van der Waals surface area contributed by atoms with Crippen LogP contribution in [0.25, 0.3) is 11.1 Å². The summed E-state index contributed by atoms with van der Waals surface area (Å²) in [6.07, 6.45) is 6.62. The molecule has 1 fully saturated rings. The molecule has 3 aromatic rings. The first-order valence-electron chi connectivity index (χ1n) is 10.2. The molecule has 1 aliphatic rings. The Bertz CT molecular complexity index is 1230. The van der Waals surface area contributed by atoms with Crippen molar-refractivity contribution in [1.29, 1.82) is 0 Å². The summed E-state index contributed by atoms with van der Waals surface area (Å²) in [6, 6.07) is 10.2. The van der Waals surface area contributed by atoms with Crippen molar-refractivity contribution < 1.29 is 13.2 Å². The van der Waals surface area contributed by atoms with Gasteiger partial charge in [0.25, 0.3) is 5.91 Å². The minimum Gasteiger partial charge on any atom is -0.344 e. The van der Waals surface area contributed by atoms with Crippen molar-refractivity contribution in [3.05, 3.63) is 71.3 Å². The third-order valence-electron chi connectivity index (χ3n) is 5.13. The minimum absolute atomic E-state index is 0.0154. The molecule has 1 atom stereocenters. The van der Waals surface area contributed by atoms with E-state index in [1.54, 1.807) is 36.7 Å². The van der Waals surface area contributed by atoms with Gasteiger partial charge in [-0.3, -0.25) is 14.5 Å². The summed E-state index contributed by atoms with van der Waals surface area (Å²) >= 11 is 6.00. The molecule has 1 unspecified atom stereocenters. The summed E-state index contributed by atoms with van der Waals surface area (Å²) < 4.78 is 26.7. The number of halogens is 1. The number of anilines is 1. The summed E-state index contributed by atoms with van der Waals surface area (Å²) in [5.74, 6) is -0.243. The predicted molar refractivity (Wildman–Crippen MR) is 123 cm³/mol. The molecule has 0 saturated heterocycles. The van der Waals surface area contributed by atoms with Crippen LogP contribution in [-0.2, 0) is 10.0 Å². The van der Waals surface area contributed by atoms with Crippen LogP contribution in [0.2, 0.25) is 5.02 Å². The van der Waals surface area contributed by atoms with Crippen LogP contribution in [0.3, 0.4) is 0 Å². The number of hydrogen-bond acceptors (Lipinski definition) is 6. The summed E-state index contributed by atoms with van der Waals surface area (Å²) in [7, 11) is -3.46. The number of rotatable bonds is 8. The second kappa shape index (κ2) is 9.22. The predicted octanol–water partition coefficient (Wildman–Crippen LogP) is 3.98. The number of benzene rings is 1. The van der Waals surface area contributed by atoms with E-state index in [1.807, 2.05) is 19.1 Å². The number of pyridine rings is 1. The number of hydrogen-bond donors (Lipinski definition) is 2. The Hall–Kier alpha value is -3.04. The number of nitrogens with zero attached hydrogens (tertiary/aromatic N) is 3. The number of nitrogens with one attached hydrogen (secondary N) is 2. The van der Waals surface area contributed by atoms with Gasteiger partial charge in [-0.25, -0.2) is 18.4 Å². The van der Waals surface area contributed by atoms with Crippen molar-refractivity contribution in [2.45, 2.75) is 37.5 Å². The summed E-state index contributed by atoms with van der Waals surface area (Å²) in [6.45, 7) is 1.91. The molecule has 1 aromatic carbocycles. The maximum absolute atomic E-state index is 12.8. The van der Waals surface area contributed by atoms with Crippen LogP contribution in [0, 0.1) is 0 Å². The monoisotopic (exact) mass is 471 g/mol. The number of carbonyl (C=O) groups excluding carboxylic acids is 1. The average Bonchev–Trinajstić information content (AvgIpc) is 3.64. The maximum Gasteiger partial charge on any atom is 0.251 e. The first-order valence-corrected chi connectivity index (χ1v) is 12.1. The summed E-state index contributed by atoms with van der Waals surface area (Å²) in [4.78, 5) is 25.2. The molecule has 2 aromatic heterocycles. The molecule has 1 aliphatic carbocycles. The fraction of sp³-hybridized carbons (Fsp3) is 0.273. The van der Waals surface area contributed by atoms with Gasteiger partial charge < -0.3 is 5.32 Å². The number of sulfonamides is 1. The molecule has 0 radical (unpaired) electrons. The van der Waals surface area contributed by atoms with E-state index in [0.717, 1.165) is 11.1 Å². The Balaban J connectivity index is 1.46. The standard InChI is InChI=1S/C22H22ClN5O3S/c1-2-19(20-9-10-25-22(27-20)28-32(30,31)18-7-8-18)26-21(29)15-5-3-14(4-6-15)16-11-17(23)13-24-12-16/h3-6,9-13,18-19H,2,7-8H2,1H3,(H,26,29)(H,25,27,28). The third kappa shape index (κ3) is 5.23. The molecule has 0 spiro atoms. The highest BCUT2D eigenvalue weighted by molar-refractivity contribution is 7.93. The topological polar surface area (TPSA) is 114 Å². The van der Waals surface area contributed by atoms with Crippen LogP contribution in [-0.4, -0.2) is 34.5 Å². The van der Waals surface area contributed by atoms with Crippen molar-refractivity contribution in [3.8, 4) is 11.1 Å². The van der Waals surface area contributed by atoms with Crippen molar-refractivity contribution in [1.82, 2.24) is 20.3 Å². The first kappa shape index (κ1) is 22.2. The van der Waals surface area contributed by atoms with E-state index in [4.69, 9.17) is 11.6 Å². The molecular weight excluding hydrogens is 450 g/mol. The van der Waals surface area contributed by atoms with E-state index in [2.05, 4.69) is 25.0 Å². The van der Waals surface area contributed by atoms with Crippen LogP contribution in [0.15, 0.2) is 55.0 Å². The fourth-order valence-electron chi connectivity index (χ4n) is 3.22. The highest BCUT2D eigenvalue weighted by atomic mass is 35.5. The zero-order valence-corrected chi connectivity index (χ0v) is 18.9. The Morgan fingerprint density at radius 2 is 1.91 bits per heavy atom. The summed E-state index contributed by atoms with van der Waals surface area (Å²) in [5, 5.41) is 3.12. The van der Waals surface area contributed by atoms with E-state index in [1.165, 1.54) is 6.20 Å². The number of aromatic nitrogens is 3. The van der Waals surface area contributed by atoms with E-state index >= 15 is 0 Å². The van der Waals surface area contributed by atoms with E-state index < -0.39 is 16.1 Å². The second-order valence-electron chi connectivity index (χ2n) is 7.56. The van der Waals surface area contributed by atoms with Gasteiger partial charge in [0, 0.05) is 29.7 Å². The van der Waals surface area contributed by atoms with Gasteiger partial charge >= 0.3 is 0 Å². The molecule has 4 rings (SSSR count). The van der Waals surface area contributed by atoms with E-state index in [0.29, 0.717) is 35.5 Å². The normalized spacial score (nSPS) is 14.6. The molecule has 0 bridgehead atoms. The number of amides is 1. The smallest absolute Gasteiger partial charge is 0.251 e. The van der Waals surface area contributed by atoms with E-state index in [9.17, 15) is 13.2 Å². The zero-order valence-electron chi connectivity index (χ0n) is 17.3. The molecule has 1 saturated carbocycles. The Morgan fingerprint density at radius 1 is 1.16 bits per heavy atom. The lowest BCUT2D eigenvalue weighted by atomic mass is 10.0. The molecule has 1 amide bonds. The highest BCUT2D eigenvalue weighted by Gasteiger charge is 2.36. The third-order valence-corrected chi connectivity index (χ3v) is 7.15. The van der Waals surface area contributed by atoms with Crippen LogP contribution >= 0.6 is 11.6 Å². The van der Waals surface area contributed by atoms with Gasteiger partial charge in [0.15, 0.2) is 0 Å². The molecule has 2 N–H and O–H groups in total. The van der Waals surface area contributed by atoms with Crippen molar-refractivity contribution in [2.75, 3.05) is 4.72 Å². The SMILES string of the molecule is CCC(NC(=O)c1ccc(-c2cncc(Cl)c2)cc1)c1ccnc(NS(=O)(=O)C2CC2)n1. The molecule has 2 heterocycles. The number of carbonyl (C=O) groups is 1. The molecule has 32 heavy (non-hydrogen) atoms. The molecule has 10 heteroatoms.